The average Bonchev–Trinajstić information content (AvgIpc) is 3.17. The van der Waals surface area contributed by atoms with Gasteiger partial charge in [-0.25, -0.2) is 9.80 Å². The quantitative estimate of drug-likeness (QED) is 0.750. The van der Waals surface area contributed by atoms with E-state index in [1.165, 1.54) is 5.01 Å². The first kappa shape index (κ1) is 17.7. The van der Waals surface area contributed by atoms with Crippen LogP contribution in [-0.4, -0.2) is 42.4 Å². The summed E-state index contributed by atoms with van der Waals surface area (Å²) in [7, 11) is 0. The van der Waals surface area contributed by atoms with Crippen LogP contribution >= 0.6 is 0 Å². The maximum absolute atomic E-state index is 12.3. The lowest BCUT2D eigenvalue weighted by Crippen LogP contribution is -2.28. The van der Waals surface area contributed by atoms with Gasteiger partial charge in [-0.15, -0.1) is 0 Å². The van der Waals surface area contributed by atoms with Gasteiger partial charge in [-0.3, -0.25) is 4.79 Å². The van der Waals surface area contributed by atoms with Crippen molar-refractivity contribution in [2.24, 2.45) is 5.10 Å². The van der Waals surface area contributed by atoms with Crippen molar-refractivity contribution in [2.75, 3.05) is 19.8 Å². The van der Waals surface area contributed by atoms with Crippen molar-refractivity contribution in [3.05, 3.63) is 65.7 Å². The lowest BCUT2D eigenvalue weighted by atomic mass is 10.1. The molecule has 1 aliphatic rings. The van der Waals surface area contributed by atoms with Gasteiger partial charge in [0, 0.05) is 6.42 Å². The summed E-state index contributed by atoms with van der Waals surface area (Å²) in [6, 6.07) is 16.5. The zero-order chi connectivity index (χ0) is 18.4. The average molecular weight is 352 g/mol. The summed E-state index contributed by atoms with van der Waals surface area (Å²) < 4.78 is 10.6. The Morgan fingerprint density at radius 1 is 1.08 bits per heavy atom. The van der Waals surface area contributed by atoms with Gasteiger partial charge in [-0.1, -0.05) is 42.5 Å². The Balaban J connectivity index is 1.59. The van der Waals surface area contributed by atoms with E-state index in [1.54, 1.807) is 24.3 Å². The number of rotatable bonds is 6. The van der Waals surface area contributed by atoms with Crippen LogP contribution in [0.25, 0.3) is 0 Å². The number of amides is 1. The number of carbonyl (C=O) groups is 2. The second-order valence-electron chi connectivity index (χ2n) is 5.68. The van der Waals surface area contributed by atoms with Crippen LogP contribution in [0, 0.1) is 0 Å². The van der Waals surface area contributed by atoms with Crippen molar-refractivity contribution in [2.45, 2.75) is 13.3 Å². The third kappa shape index (κ3) is 4.08. The summed E-state index contributed by atoms with van der Waals surface area (Å²) in [5, 5.41) is 5.69. The van der Waals surface area contributed by atoms with Gasteiger partial charge in [0.1, 0.15) is 11.3 Å². The molecule has 1 heterocycles. The molecule has 0 unspecified atom stereocenters. The van der Waals surface area contributed by atoms with Gasteiger partial charge >= 0.3 is 5.97 Å². The third-order valence-corrected chi connectivity index (χ3v) is 3.93. The molecule has 0 fully saturated rings. The molecule has 0 N–H and O–H groups in total. The molecular weight excluding hydrogens is 332 g/mol. The van der Waals surface area contributed by atoms with E-state index in [-0.39, 0.29) is 12.5 Å². The summed E-state index contributed by atoms with van der Waals surface area (Å²) >= 11 is 0. The fourth-order valence-electron chi connectivity index (χ4n) is 2.67. The molecule has 0 aliphatic carbocycles. The number of para-hydroxylation sites is 1. The Labute approximate surface area is 152 Å². The Morgan fingerprint density at radius 3 is 2.58 bits per heavy atom. The molecule has 134 valence electrons. The Kier molecular flexibility index (Phi) is 5.63. The molecule has 2 aromatic rings. The second kappa shape index (κ2) is 8.29. The van der Waals surface area contributed by atoms with Crippen LogP contribution < -0.4 is 4.74 Å². The number of ether oxygens (including phenoxy) is 2. The molecule has 1 aliphatic heterocycles. The van der Waals surface area contributed by atoms with Gasteiger partial charge in [0.05, 0.1) is 18.9 Å². The van der Waals surface area contributed by atoms with Crippen molar-refractivity contribution in [1.82, 2.24) is 5.01 Å². The van der Waals surface area contributed by atoms with Gasteiger partial charge < -0.3 is 9.47 Å². The number of hydrazone groups is 1. The first-order valence-corrected chi connectivity index (χ1v) is 8.51. The van der Waals surface area contributed by atoms with Crippen LogP contribution in [0.5, 0.6) is 5.75 Å². The predicted octanol–water partition coefficient (Wildman–Crippen LogP) is 2.88. The van der Waals surface area contributed by atoms with E-state index >= 15 is 0 Å². The molecule has 6 heteroatoms. The standard InChI is InChI=1S/C20H20N2O4/c1-2-25-18-11-7-6-10-16(18)20(24)26-14-19(23)22-13-12-17(21-22)15-8-4-3-5-9-15/h3-11H,2,12-14H2,1H3. The zero-order valence-electron chi connectivity index (χ0n) is 14.6. The Hall–Kier alpha value is -3.15. The molecule has 3 rings (SSSR count). The predicted molar refractivity (Wildman–Crippen MR) is 97.2 cm³/mol. The third-order valence-electron chi connectivity index (χ3n) is 3.93. The normalized spacial score (nSPS) is 13.3. The van der Waals surface area contributed by atoms with Crippen LogP contribution in [-0.2, 0) is 9.53 Å². The largest absolute Gasteiger partial charge is 0.493 e. The molecule has 0 aromatic heterocycles. The van der Waals surface area contributed by atoms with Crippen LogP contribution in [0.4, 0.5) is 0 Å². The minimum Gasteiger partial charge on any atom is -0.493 e. The molecule has 6 nitrogen and oxygen atoms in total. The van der Waals surface area contributed by atoms with Gasteiger partial charge in [0.15, 0.2) is 6.61 Å². The molecule has 0 radical (unpaired) electrons. The summed E-state index contributed by atoms with van der Waals surface area (Å²) in [6.07, 6.45) is 0.677. The van der Waals surface area contributed by atoms with E-state index < -0.39 is 5.97 Å². The van der Waals surface area contributed by atoms with Crippen molar-refractivity contribution < 1.29 is 19.1 Å². The number of nitrogens with zero attached hydrogens (tertiary/aromatic N) is 2. The lowest BCUT2D eigenvalue weighted by Gasteiger charge is -2.13. The van der Waals surface area contributed by atoms with Crippen LogP contribution in [0.3, 0.4) is 0 Å². The van der Waals surface area contributed by atoms with Crippen LogP contribution in [0.1, 0.15) is 29.3 Å². The molecular formula is C20H20N2O4. The van der Waals surface area contributed by atoms with Crippen LogP contribution in [0.15, 0.2) is 59.7 Å². The SMILES string of the molecule is CCOc1ccccc1C(=O)OCC(=O)N1CCC(c2ccccc2)=N1. The van der Waals surface area contributed by atoms with E-state index in [1.807, 2.05) is 37.3 Å². The number of esters is 1. The van der Waals surface area contributed by atoms with Gasteiger partial charge in [0.2, 0.25) is 0 Å². The molecule has 26 heavy (non-hydrogen) atoms. The second-order valence-corrected chi connectivity index (χ2v) is 5.68. The van der Waals surface area contributed by atoms with Crippen molar-refractivity contribution in [1.29, 1.82) is 0 Å². The molecule has 0 bridgehead atoms. The molecule has 2 aromatic carbocycles. The van der Waals surface area contributed by atoms with Crippen molar-refractivity contribution in [3.63, 3.8) is 0 Å². The summed E-state index contributed by atoms with van der Waals surface area (Å²) in [4.78, 5) is 24.5. The minimum atomic E-state index is -0.589. The first-order valence-electron chi connectivity index (χ1n) is 8.51. The molecule has 0 saturated carbocycles. The highest BCUT2D eigenvalue weighted by atomic mass is 16.5. The highest BCUT2D eigenvalue weighted by Gasteiger charge is 2.23. The van der Waals surface area contributed by atoms with E-state index in [2.05, 4.69) is 5.10 Å². The van der Waals surface area contributed by atoms with E-state index in [0.717, 1.165) is 11.3 Å². The summed E-state index contributed by atoms with van der Waals surface area (Å²) in [5.41, 5.74) is 2.15. The smallest absolute Gasteiger partial charge is 0.342 e. The van der Waals surface area contributed by atoms with Crippen molar-refractivity contribution >= 4 is 17.6 Å². The number of carbonyl (C=O) groups excluding carboxylic acids is 2. The monoisotopic (exact) mass is 352 g/mol. The highest BCUT2D eigenvalue weighted by molar-refractivity contribution is 6.02. The Bertz CT molecular complexity index is 818. The molecule has 0 atom stereocenters. The fourth-order valence-corrected chi connectivity index (χ4v) is 2.67. The van der Waals surface area contributed by atoms with Crippen molar-refractivity contribution in [3.8, 4) is 5.75 Å². The number of benzene rings is 2. The Morgan fingerprint density at radius 2 is 1.81 bits per heavy atom. The maximum Gasteiger partial charge on any atom is 0.342 e. The molecule has 0 spiro atoms. The molecule has 0 saturated heterocycles. The maximum atomic E-state index is 12.3. The van der Waals surface area contributed by atoms with Gasteiger partial charge in [-0.2, -0.15) is 5.10 Å². The highest BCUT2D eigenvalue weighted by Crippen LogP contribution is 2.19. The number of hydrogen-bond donors (Lipinski definition) is 0. The molecule has 1 amide bonds. The first-order chi connectivity index (χ1) is 12.7. The van der Waals surface area contributed by atoms with E-state index in [0.29, 0.717) is 30.9 Å². The van der Waals surface area contributed by atoms with Gasteiger partial charge in [-0.05, 0) is 24.6 Å². The summed E-state index contributed by atoms with van der Waals surface area (Å²) in [6.45, 7) is 2.40. The lowest BCUT2D eigenvalue weighted by molar-refractivity contribution is -0.134. The minimum absolute atomic E-state index is 0.303. The fraction of sp³-hybridized carbons (Fsp3) is 0.250. The van der Waals surface area contributed by atoms with Crippen LogP contribution in [0.2, 0.25) is 0 Å². The van der Waals surface area contributed by atoms with E-state index in [9.17, 15) is 9.59 Å². The number of hydrogen-bond acceptors (Lipinski definition) is 5. The summed E-state index contributed by atoms with van der Waals surface area (Å²) in [5.74, 6) is -0.495. The van der Waals surface area contributed by atoms with E-state index in [4.69, 9.17) is 9.47 Å². The zero-order valence-corrected chi connectivity index (χ0v) is 14.6. The van der Waals surface area contributed by atoms with Gasteiger partial charge in [0.25, 0.3) is 5.91 Å². The topological polar surface area (TPSA) is 68.2 Å².